The zero-order valence-corrected chi connectivity index (χ0v) is 12.8. The molecule has 21 heavy (non-hydrogen) atoms. The van der Waals surface area contributed by atoms with Crippen LogP contribution in [-0.4, -0.2) is 24.7 Å². The van der Waals surface area contributed by atoms with Gasteiger partial charge in [-0.1, -0.05) is 26.0 Å². The van der Waals surface area contributed by atoms with Crippen LogP contribution in [-0.2, 0) is 17.7 Å². The molecule has 0 saturated heterocycles. The molecule has 1 heterocycles. The Kier molecular flexibility index (Phi) is 5.78. The number of ether oxygens (including phenoxy) is 2. The van der Waals surface area contributed by atoms with Gasteiger partial charge < -0.3 is 19.2 Å². The molecule has 0 bridgehead atoms. The Morgan fingerprint density at radius 2 is 2.00 bits per heavy atom. The van der Waals surface area contributed by atoms with Crippen molar-refractivity contribution in [1.29, 1.82) is 0 Å². The molecule has 0 amide bonds. The van der Waals surface area contributed by atoms with Gasteiger partial charge in [-0.2, -0.15) is 4.98 Å². The van der Waals surface area contributed by atoms with Gasteiger partial charge in [-0.25, -0.2) is 0 Å². The van der Waals surface area contributed by atoms with E-state index in [9.17, 15) is 0 Å². The van der Waals surface area contributed by atoms with E-state index < -0.39 is 0 Å². The number of aromatic nitrogens is 1. The first-order chi connectivity index (χ1) is 10.2. The van der Waals surface area contributed by atoms with E-state index in [0.29, 0.717) is 24.9 Å². The molecule has 1 N–H and O–H groups in total. The summed E-state index contributed by atoms with van der Waals surface area (Å²) < 4.78 is 15.9. The maximum atomic E-state index is 5.59. The quantitative estimate of drug-likeness (QED) is 0.809. The maximum Gasteiger partial charge on any atom is 0.399 e. The van der Waals surface area contributed by atoms with Crippen LogP contribution in [0.15, 0.2) is 34.9 Å². The average molecular weight is 290 g/mol. The van der Waals surface area contributed by atoms with Crippen LogP contribution in [0.1, 0.15) is 25.1 Å². The molecule has 0 spiro atoms. The highest BCUT2D eigenvalue weighted by molar-refractivity contribution is 5.29. The molecular weight excluding hydrogens is 268 g/mol. The summed E-state index contributed by atoms with van der Waals surface area (Å²) in [6.45, 7) is 5.55. The number of nitrogens with zero attached hydrogens (tertiary/aromatic N) is 1. The molecule has 5 heteroatoms. The number of hydrogen-bond donors (Lipinski definition) is 1. The lowest BCUT2D eigenvalue weighted by molar-refractivity contribution is 0.202. The van der Waals surface area contributed by atoms with E-state index in [-0.39, 0.29) is 6.08 Å². The van der Waals surface area contributed by atoms with Crippen molar-refractivity contribution in [1.82, 2.24) is 10.3 Å². The van der Waals surface area contributed by atoms with Crippen molar-refractivity contribution >= 4 is 0 Å². The predicted molar refractivity (Wildman–Crippen MR) is 80.6 cm³/mol. The summed E-state index contributed by atoms with van der Waals surface area (Å²) in [5.74, 6) is 0.710. The smallest absolute Gasteiger partial charge is 0.399 e. The molecule has 0 fully saturated rings. The average Bonchev–Trinajstić information content (AvgIpc) is 2.92. The van der Waals surface area contributed by atoms with Crippen LogP contribution in [0.5, 0.6) is 11.8 Å². The number of hydrogen-bond acceptors (Lipinski definition) is 5. The van der Waals surface area contributed by atoms with Gasteiger partial charge in [0.1, 0.15) is 12.0 Å². The van der Waals surface area contributed by atoms with Crippen LogP contribution in [0.25, 0.3) is 0 Å². The fourth-order valence-corrected chi connectivity index (χ4v) is 1.77. The van der Waals surface area contributed by atoms with E-state index in [0.717, 1.165) is 12.1 Å². The van der Waals surface area contributed by atoms with E-state index in [2.05, 4.69) is 24.1 Å². The molecular formula is C16H22N2O3. The van der Waals surface area contributed by atoms with E-state index >= 15 is 0 Å². The molecule has 2 aromatic rings. The van der Waals surface area contributed by atoms with Gasteiger partial charge in [-0.05, 0) is 24.1 Å². The minimum Gasteiger partial charge on any atom is -0.417 e. The van der Waals surface area contributed by atoms with Gasteiger partial charge in [-0.15, -0.1) is 0 Å². The second-order valence-electron chi connectivity index (χ2n) is 5.13. The number of nitrogens with one attached hydrogen (secondary N) is 1. The molecule has 0 aliphatic heterocycles. The third-order valence-corrected chi connectivity index (χ3v) is 2.95. The van der Waals surface area contributed by atoms with Crippen LogP contribution >= 0.6 is 0 Å². The van der Waals surface area contributed by atoms with Gasteiger partial charge >= 0.3 is 6.08 Å². The van der Waals surface area contributed by atoms with E-state index in [1.165, 1.54) is 5.56 Å². The number of oxazole rings is 1. The highest BCUT2D eigenvalue weighted by atomic mass is 16.6. The first-order valence-corrected chi connectivity index (χ1v) is 7.11. The van der Waals surface area contributed by atoms with Crippen LogP contribution < -0.4 is 10.1 Å². The molecule has 114 valence electrons. The van der Waals surface area contributed by atoms with Gasteiger partial charge in [-0.3, -0.25) is 0 Å². The van der Waals surface area contributed by atoms with Crippen molar-refractivity contribution in [2.45, 2.75) is 32.9 Å². The van der Waals surface area contributed by atoms with E-state index in [4.69, 9.17) is 13.9 Å². The normalized spacial score (nSPS) is 11.0. The monoisotopic (exact) mass is 290 g/mol. The SMILES string of the molecule is COCCc1ccc(Oc2nc(CNC(C)C)co2)cc1. The molecule has 5 nitrogen and oxygen atoms in total. The Hall–Kier alpha value is -1.85. The molecule has 0 radical (unpaired) electrons. The van der Waals surface area contributed by atoms with E-state index in [1.54, 1.807) is 13.4 Å². The summed E-state index contributed by atoms with van der Waals surface area (Å²) in [5.41, 5.74) is 2.04. The summed E-state index contributed by atoms with van der Waals surface area (Å²) in [4.78, 5) is 4.28. The molecule has 0 unspecified atom stereocenters. The number of benzene rings is 1. The molecule has 0 atom stereocenters. The number of rotatable bonds is 8. The van der Waals surface area contributed by atoms with Crippen molar-refractivity contribution in [2.24, 2.45) is 0 Å². The Bertz CT molecular complexity index is 535. The standard InChI is InChI=1S/C16H22N2O3/c1-12(2)17-10-14-11-20-16(18-14)21-15-6-4-13(5-7-15)8-9-19-3/h4-7,11-12,17H,8-10H2,1-3H3. The second kappa shape index (κ2) is 7.81. The Morgan fingerprint density at radius 3 is 2.67 bits per heavy atom. The molecule has 1 aromatic heterocycles. The van der Waals surface area contributed by atoms with Crippen LogP contribution in [0.3, 0.4) is 0 Å². The molecule has 1 aromatic carbocycles. The Labute approximate surface area is 125 Å². The van der Waals surface area contributed by atoms with Gasteiger partial charge in [0.2, 0.25) is 0 Å². The fraction of sp³-hybridized carbons (Fsp3) is 0.438. The van der Waals surface area contributed by atoms with Crippen molar-refractivity contribution in [3.05, 3.63) is 41.8 Å². The third-order valence-electron chi connectivity index (χ3n) is 2.95. The van der Waals surface area contributed by atoms with Gasteiger partial charge in [0.25, 0.3) is 0 Å². The van der Waals surface area contributed by atoms with Crippen molar-refractivity contribution in [3.8, 4) is 11.8 Å². The topological polar surface area (TPSA) is 56.5 Å². The lowest BCUT2D eigenvalue weighted by Gasteiger charge is -2.04. The number of methoxy groups -OCH3 is 1. The summed E-state index contributed by atoms with van der Waals surface area (Å²) in [6.07, 6.45) is 2.76. The maximum absolute atomic E-state index is 5.59. The summed E-state index contributed by atoms with van der Waals surface area (Å²) >= 11 is 0. The highest BCUT2D eigenvalue weighted by Gasteiger charge is 2.07. The van der Waals surface area contributed by atoms with Gasteiger partial charge in [0.15, 0.2) is 0 Å². The Morgan fingerprint density at radius 1 is 1.24 bits per heavy atom. The minimum absolute atomic E-state index is 0.264. The van der Waals surface area contributed by atoms with Crippen molar-refractivity contribution in [2.75, 3.05) is 13.7 Å². The predicted octanol–water partition coefficient (Wildman–Crippen LogP) is 3.15. The Balaban J connectivity index is 1.89. The third kappa shape index (κ3) is 5.21. The second-order valence-corrected chi connectivity index (χ2v) is 5.13. The van der Waals surface area contributed by atoms with Crippen molar-refractivity contribution < 1.29 is 13.9 Å². The highest BCUT2D eigenvalue weighted by Crippen LogP contribution is 2.21. The zero-order chi connectivity index (χ0) is 15.1. The van der Waals surface area contributed by atoms with Crippen molar-refractivity contribution in [3.63, 3.8) is 0 Å². The molecule has 2 rings (SSSR count). The largest absolute Gasteiger partial charge is 0.417 e. The van der Waals surface area contributed by atoms with E-state index in [1.807, 2.05) is 24.3 Å². The molecule has 0 aliphatic carbocycles. The van der Waals surface area contributed by atoms with Crippen LogP contribution in [0.4, 0.5) is 0 Å². The first kappa shape index (κ1) is 15.5. The van der Waals surface area contributed by atoms with Gasteiger partial charge in [0, 0.05) is 19.7 Å². The van der Waals surface area contributed by atoms with Crippen LogP contribution in [0, 0.1) is 0 Å². The van der Waals surface area contributed by atoms with Gasteiger partial charge in [0.05, 0.1) is 12.3 Å². The molecule has 0 saturated carbocycles. The minimum atomic E-state index is 0.264. The lowest BCUT2D eigenvalue weighted by Crippen LogP contribution is -2.21. The van der Waals surface area contributed by atoms with Crippen LogP contribution in [0.2, 0.25) is 0 Å². The molecule has 0 aliphatic rings. The fourth-order valence-electron chi connectivity index (χ4n) is 1.77. The summed E-state index contributed by atoms with van der Waals surface area (Å²) in [5, 5.41) is 3.28. The first-order valence-electron chi connectivity index (χ1n) is 7.11. The summed E-state index contributed by atoms with van der Waals surface area (Å²) in [7, 11) is 1.70. The lowest BCUT2D eigenvalue weighted by atomic mass is 10.1. The summed E-state index contributed by atoms with van der Waals surface area (Å²) in [6, 6.07) is 8.24. The zero-order valence-electron chi connectivity index (χ0n) is 12.8.